The molecule has 34 heavy (non-hydrogen) atoms. The van der Waals surface area contributed by atoms with E-state index in [1.54, 1.807) is 6.92 Å². The minimum atomic E-state index is -1.05. The summed E-state index contributed by atoms with van der Waals surface area (Å²) in [5.74, 6) is -0.679. The Bertz CT molecular complexity index is 720. The number of hydrogen-bond donors (Lipinski definition) is 4. The number of amides is 2. The molecule has 0 unspecified atom stereocenters. The largest absolute Gasteiger partial charge is 0.466 e. The fourth-order valence-electron chi connectivity index (χ4n) is 3.23. The molecular weight excluding hydrogens is 462 g/mol. The molecule has 0 radical (unpaired) electrons. The molecule has 1 aromatic carbocycles. The fraction of sp³-hybridized carbons (Fsp3) is 0.625. The molecule has 0 aliphatic rings. The number of ether oxygens (including phenoxy) is 2. The molecule has 0 aliphatic carbocycles. The lowest BCUT2D eigenvalue weighted by Gasteiger charge is -2.26. The first kappa shape index (κ1) is 31.6. The van der Waals surface area contributed by atoms with E-state index in [1.807, 2.05) is 44.2 Å². The van der Waals surface area contributed by atoms with Crippen molar-refractivity contribution in [3.63, 3.8) is 0 Å². The summed E-state index contributed by atoms with van der Waals surface area (Å²) < 4.78 is 10.0. The molecule has 0 aliphatic heterocycles. The number of nitrogens with one attached hydrogen (secondary N) is 2. The molecule has 2 amide bonds. The molecule has 3 atom stereocenters. The van der Waals surface area contributed by atoms with Crippen LogP contribution in [0.2, 0.25) is 0 Å². The lowest BCUT2D eigenvalue weighted by Crippen LogP contribution is -2.50. The van der Waals surface area contributed by atoms with Gasteiger partial charge in [0.25, 0.3) is 0 Å². The van der Waals surface area contributed by atoms with Gasteiger partial charge in [-0.1, -0.05) is 44.2 Å². The van der Waals surface area contributed by atoms with Crippen molar-refractivity contribution >= 4 is 30.4 Å². The maximum Gasteiger partial charge on any atom is 0.407 e. The fourth-order valence-corrected chi connectivity index (χ4v) is 3.23. The van der Waals surface area contributed by atoms with Crippen molar-refractivity contribution in [2.75, 3.05) is 13.2 Å². The Kier molecular flexibility index (Phi) is 16.8. The van der Waals surface area contributed by atoms with Gasteiger partial charge in [0, 0.05) is 6.54 Å². The molecule has 194 valence electrons. The zero-order valence-electron chi connectivity index (χ0n) is 20.3. The van der Waals surface area contributed by atoms with Gasteiger partial charge in [-0.15, -0.1) is 12.4 Å². The average Bonchev–Trinajstić information content (AvgIpc) is 2.77. The molecule has 0 saturated carbocycles. The highest BCUT2D eigenvalue weighted by molar-refractivity contribution is 5.85. The number of esters is 1. The molecule has 9 nitrogen and oxygen atoms in total. The Morgan fingerprint density at radius 3 is 2.38 bits per heavy atom. The van der Waals surface area contributed by atoms with E-state index in [4.69, 9.17) is 15.2 Å². The van der Waals surface area contributed by atoms with E-state index in [1.165, 1.54) is 0 Å². The second-order valence-corrected chi connectivity index (χ2v) is 8.41. The first-order valence-corrected chi connectivity index (χ1v) is 11.6. The first-order valence-electron chi connectivity index (χ1n) is 11.6. The van der Waals surface area contributed by atoms with Crippen molar-refractivity contribution < 1.29 is 29.0 Å². The van der Waals surface area contributed by atoms with Crippen molar-refractivity contribution in [1.29, 1.82) is 0 Å². The Morgan fingerprint density at radius 2 is 1.76 bits per heavy atom. The van der Waals surface area contributed by atoms with E-state index in [2.05, 4.69) is 10.6 Å². The van der Waals surface area contributed by atoms with Crippen LogP contribution in [0.1, 0.15) is 58.4 Å². The number of hydrogen-bond acceptors (Lipinski definition) is 7. The van der Waals surface area contributed by atoms with Crippen LogP contribution in [0.15, 0.2) is 30.3 Å². The normalized spacial score (nSPS) is 13.2. The Balaban J connectivity index is 0.0000109. The van der Waals surface area contributed by atoms with Crippen molar-refractivity contribution in [1.82, 2.24) is 10.6 Å². The number of benzene rings is 1. The van der Waals surface area contributed by atoms with E-state index in [9.17, 15) is 19.5 Å². The lowest BCUT2D eigenvalue weighted by atomic mass is 9.96. The van der Waals surface area contributed by atoms with Crippen molar-refractivity contribution in [3.05, 3.63) is 35.9 Å². The van der Waals surface area contributed by atoms with Gasteiger partial charge in [0.05, 0.1) is 31.2 Å². The third-order valence-corrected chi connectivity index (χ3v) is 4.96. The van der Waals surface area contributed by atoms with Crippen molar-refractivity contribution in [2.24, 2.45) is 11.7 Å². The minimum Gasteiger partial charge on any atom is -0.466 e. The van der Waals surface area contributed by atoms with E-state index in [0.717, 1.165) is 5.56 Å². The highest BCUT2D eigenvalue weighted by Crippen LogP contribution is 2.12. The zero-order valence-corrected chi connectivity index (χ0v) is 21.1. The van der Waals surface area contributed by atoms with Crippen LogP contribution in [0, 0.1) is 5.92 Å². The summed E-state index contributed by atoms with van der Waals surface area (Å²) in [6.45, 7) is 6.48. The molecule has 5 N–H and O–H groups in total. The van der Waals surface area contributed by atoms with Gasteiger partial charge in [0.15, 0.2) is 0 Å². The predicted molar refractivity (Wildman–Crippen MR) is 132 cm³/mol. The van der Waals surface area contributed by atoms with Gasteiger partial charge in [-0.2, -0.15) is 0 Å². The highest BCUT2D eigenvalue weighted by Gasteiger charge is 2.27. The quantitative estimate of drug-likeness (QED) is 0.214. The molecule has 10 heteroatoms. The van der Waals surface area contributed by atoms with Crippen molar-refractivity contribution in [2.45, 2.75) is 77.7 Å². The zero-order chi connectivity index (χ0) is 24.6. The second kappa shape index (κ2) is 18.0. The number of nitrogens with two attached hydrogens (primary N) is 1. The van der Waals surface area contributed by atoms with Gasteiger partial charge < -0.3 is 30.9 Å². The van der Waals surface area contributed by atoms with Crippen LogP contribution in [0.5, 0.6) is 0 Å². The Morgan fingerprint density at radius 1 is 1.09 bits per heavy atom. The maximum atomic E-state index is 12.5. The number of alkyl carbamates (subject to hydrolysis) is 1. The summed E-state index contributed by atoms with van der Waals surface area (Å²) in [4.78, 5) is 35.9. The summed E-state index contributed by atoms with van der Waals surface area (Å²) >= 11 is 0. The molecule has 1 rings (SSSR count). The number of rotatable bonds is 15. The maximum absolute atomic E-state index is 12.5. The van der Waals surface area contributed by atoms with Crippen LogP contribution < -0.4 is 16.4 Å². The summed E-state index contributed by atoms with van der Waals surface area (Å²) in [6.07, 6.45) is 0.480. The van der Waals surface area contributed by atoms with Crippen LogP contribution >= 0.6 is 12.4 Å². The molecule has 0 aromatic heterocycles. The number of halogens is 1. The highest BCUT2D eigenvalue weighted by atomic mass is 35.5. The van der Waals surface area contributed by atoms with Crippen LogP contribution in [0.25, 0.3) is 0 Å². The van der Waals surface area contributed by atoms with Crippen molar-refractivity contribution in [3.8, 4) is 0 Å². The summed E-state index contributed by atoms with van der Waals surface area (Å²) in [6, 6.07) is 8.06. The predicted octanol–water partition coefficient (Wildman–Crippen LogP) is 2.68. The summed E-state index contributed by atoms with van der Waals surface area (Å²) in [5.41, 5.74) is 6.91. The van der Waals surface area contributed by atoms with Crippen LogP contribution in [0.3, 0.4) is 0 Å². The van der Waals surface area contributed by atoms with Crippen LogP contribution in [-0.4, -0.2) is 54.4 Å². The average molecular weight is 502 g/mol. The third-order valence-electron chi connectivity index (χ3n) is 4.96. The molecule has 0 spiro atoms. The van der Waals surface area contributed by atoms with E-state index in [0.29, 0.717) is 32.2 Å². The lowest BCUT2D eigenvalue weighted by molar-refractivity contribution is -0.146. The van der Waals surface area contributed by atoms with Gasteiger partial charge in [-0.3, -0.25) is 9.59 Å². The Hall–Kier alpha value is -2.36. The van der Waals surface area contributed by atoms with E-state index >= 15 is 0 Å². The topological polar surface area (TPSA) is 140 Å². The van der Waals surface area contributed by atoms with Crippen LogP contribution in [-0.2, 0) is 25.7 Å². The molecule has 0 saturated heterocycles. The third kappa shape index (κ3) is 14.0. The monoisotopic (exact) mass is 501 g/mol. The van der Waals surface area contributed by atoms with Gasteiger partial charge >= 0.3 is 12.1 Å². The van der Waals surface area contributed by atoms with E-state index < -0.39 is 30.3 Å². The molecule has 1 aromatic rings. The smallest absolute Gasteiger partial charge is 0.407 e. The molecule has 0 heterocycles. The molecular formula is C24H40ClN3O6. The number of carbonyl (C=O) groups excluding carboxylic acids is 3. The second-order valence-electron chi connectivity index (χ2n) is 8.41. The first-order chi connectivity index (χ1) is 15.7. The van der Waals surface area contributed by atoms with E-state index in [-0.39, 0.29) is 43.9 Å². The Labute approximate surface area is 208 Å². The number of unbranched alkanes of at least 4 members (excludes halogenated alkanes) is 1. The summed E-state index contributed by atoms with van der Waals surface area (Å²) in [7, 11) is 0. The number of carbonyl (C=O) groups is 3. The summed E-state index contributed by atoms with van der Waals surface area (Å²) in [5, 5.41) is 15.8. The van der Waals surface area contributed by atoms with Gasteiger partial charge in [0.1, 0.15) is 6.61 Å². The molecule has 0 bridgehead atoms. The van der Waals surface area contributed by atoms with Gasteiger partial charge in [0.2, 0.25) is 5.91 Å². The minimum absolute atomic E-state index is 0. The standard InChI is InChI=1S/C24H39N3O6.ClH/c1-4-32-22(29)15-21(28)20(14-17(2)3)27-23(30)19(25)12-8-9-13-26-24(31)33-16-18-10-6-5-7-11-18;/h5-7,10-11,17,19-21,28H,4,8-9,12-16,25H2,1-3H3,(H,26,31)(H,27,30);1H/t19-,20-,21-;/m0./s1. The van der Waals surface area contributed by atoms with Gasteiger partial charge in [-0.25, -0.2) is 4.79 Å². The van der Waals surface area contributed by atoms with Gasteiger partial charge in [-0.05, 0) is 44.1 Å². The van der Waals surface area contributed by atoms with Crippen LogP contribution in [0.4, 0.5) is 4.79 Å². The SMILES string of the molecule is CCOC(=O)C[C@H](O)[C@H](CC(C)C)NC(=O)[C@@H](N)CCCCNC(=O)OCc1ccccc1.Cl. The molecule has 0 fully saturated rings. The number of aliphatic hydroxyl groups excluding tert-OH is 1. The number of aliphatic hydroxyl groups is 1.